The van der Waals surface area contributed by atoms with Gasteiger partial charge in [0.15, 0.2) is 6.79 Å². The summed E-state index contributed by atoms with van der Waals surface area (Å²) in [7, 11) is 0. The molecule has 0 saturated carbocycles. The minimum atomic E-state index is 0.319. The molecule has 0 atom stereocenters. The van der Waals surface area contributed by atoms with E-state index >= 15 is 0 Å². The maximum absolute atomic E-state index is 5.29. The van der Waals surface area contributed by atoms with Crippen LogP contribution in [-0.2, 0) is 22.8 Å². The van der Waals surface area contributed by atoms with Crippen LogP contribution in [0.3, 0.4) is 0 Å². The number of nitrogens with two attached hydrogens (primary N) is 1. The summed E-state index contributed by atoms with van der Waals surface area (Å²) in [6.07, 6.45) is 0. The third-order valence-electron chi connectivity index (χ3n) is 1.94. The Morgan fingerprint density at radius 1 is 1.46 bits per heavy atom. The van der Waals surface area contributed by atoms with Crippen molar-refractivity contribution in [3.05, 3.63) is 29.3 Å². The van der Waals surface area contributed by atoms with Gasteiger partial charge in [0.05, 0.1) is 13.2 Å². The van der Waals surface area contributed by atoms with Crippen molar-refractivity contribution >= 4 is 0 Å². The summed E-state index contributed by atoms with van der Waals surface area (Å²) in [5, 5.41) is 0. The summed E-state index contributed by atoms with van der Waals surface area (Å²) >= 11 is 0. The molecule has 2 N–H and O–H groups in total. The molecule has 1 heterocycles. The van der Waals surface area contributed by atoms with E-state index in [0.717, 1.165) is 16.9 Å². The van der Waals surface area contributed by atoms with E-state index in [2.05, 4.69) is 4.84 Å². The van der Waals surface area contributed by atoms with Crippen LogP contribution in [0, 0.1) is 0 Å². The molecular weight excluding hydrogens is 170 g/mol. The number of hydrogen-bond acceptors (Lipinski definition) is 4. The van der Waals surface area contributed by atoms with Crippen LogP contribution in [0.1, 0.15) is 11.1 Å². The third kappa shape index (κ3) is 1.80. The van der Waals surface area contributed by atoms with Gasteiger partial charge in [-0.2, -0.15) is 0 Å². The molecule has 1 aliphatic rings. The number of benzene rings is 1. The van der Waals surface area contributed by atoms with Crippen molar-refractivity contribution in [2.24, 2.45) is 5.90 Å². The van der Waals surface area contributed by atoms with Gasteiger partial charge in [-0.05, 0) is 11.6 Å². The normalized spacial score (nSPS) is 14.8. The van der Waals surface area contributed by atoms with Crippen molar-refractivity contribution in [2.75, 3.05) is 6.79 Å². The maximum Gasteiger partial charge on any atom is 0.189 e. The molecule has 0 aromatic heterocycles. The summed E-state index contributed by atoms with van der Waals surface area (Å²) in [4.78, 5) is 4.53. The van der Waals surface area contributed by atoms with E-state index in [1.807, 2.05) is 18.2 Å². The summed E-state index contributed by atoms with van der Waals surface area (Å²) in [6.45, 7) is 1.33. The van der Waals surface area contributed by atoms with Gasteiger partial charge in [-0.15, -0.1) is 0 Å². The van der Waals surface area contributed by atoms with Crippen LogP contribution in [0.2, 0.25) is 0 Å². The summed E-state index contributed by atoms with van der Waals surface area (Å²) in [6, 6.07) is 5.83. The number of ether oxygens (including phenoxy) is 2. The standard InChI is InChI=1S/C9H11NO3/c10-13-4-7-1-2-8-5-11-6-12-9(8)3-7/h1-3H,4-6,10H2. The Balaban J connectivity index is 2.24. The first-order chi connectivity index (χ1) is 6.40. The quantitative estimate of drug-likeness (QED) is 0.690. The monoisotopic (exact) mass is 181 g/mol. The van der Waals surface area contributed by atoms with E-state index in [1.54, 1.807) is 0 Å². The zero-order valence-corrected chi connectivity index (χ0v) is 7.16. The lowest BCUT2D eigenvalue weighted by molar-refractivity contribution is -0.0165. The van der Waals surface area contributed by atoms with Crippen LogP contribution in [0.4, 0.5) is 0 Å². The van der Waals surface area contributed by atoms with Gasteiger partial charge < -0.3 is 9.47 Å². The molecule has 4 nitrogen and oxygen atoms in total. The molecule has 2 rings (SSSR count). The average molecular weight is 181 g/mol. The molecule has 70 valence electrons. The SMILES string of the molecule is NOCc1ccc2c(c1)OCOC2. The number of fused-ring (bicyclic) bond motifs is 1. The highest BCUT2D eigenvalue weighted by molar-refractivity contribution is 5.37. The van der Waals surface area contributed by atoms with E-state index in [4.69, 9.17) is 15.4 Å². The lowest BCUT2D eigenvalue weighted by atomic mass is 10.1. The molecule has 0 spiro atoms. The van der Waals surface area contributed by atoms with Crippen molar-refractivity contribution in [2.45, 2.75) is 13.2 Å². The topological polar surface area (TPSA) is 53.7 Å². The first-order valence-corrected chi connectivity index (χ1v) is 4.04. The van der Waals surface area contributed by atoms with Gasteiger partial charge in [0, 0.05) is 5.56 Å². The molecule has 13 heavy (non-hydrogen) atoms. The fraction of sp³-hybridized carbons (Fsp3) is 0.333. The van der Waals surface area contributed by atoms with Gasteiger partial charge in [0.2, 0.25) is 0 Å². The molecule has 0 amide bonds. The molecule has 0 aliphatic carbocycles. The van der Waals surface area contributed by atoms with Crippen LogP contribution in [0.25, 0.3) is 0 Å². The predicted molar refractivity (Wildman–Crippen MR) is 45.7 cm³/mol. The second-order valence-electron chi connectivity index (χ2n) is 2.86. The minimum Gasteiger partial charge on any atom is -0.467 e. The molecular formula is C9H11NO3. The van der Waals surface area contributed by atoms with Crippen LogP contribution in [-0.4, -0.2) is 6.79 Å². The molecule has 0 unspecified atom stereocenters. The van der Waals surface area contributed by atoms with Crippen LogP contribution < -0.4 is 10.6 Å². The lowest BCUT2D eigenvalue weighted by Gasteiger charge is -2.17. The Hall–Kier alpha value is -1.10. The molecule has 1 aromatic carbocycles. The summed E-state index contributed by atoms with van der Waals surface area (Å²) in [5.74, 6) is 5.83. The van der Waals surface area contributed by atoms with E-state index < -0.39 is 0 Å². The Kier molecular flexibility index (Phi) is 2.44. The van der Waals surface area contributed by atoms with Crippen molar-refractivity contribution in [1.82, 2.24) is 0 Å². The first kappa shape index (κ1) is 8.50. The summed E-state index contributed by atoms with van der Waals surface area (Å²) < 4.78 is 10.4. The van der Waals surface area contributed by atoms with Crippen molar-refractivity contribution in [3.63, 3.8) is 0 Å². The van der Waals surface area contributed by atoms with Crippen molar-refractivity contribution in [3.8, 4) is 5.75 Å². The fourth-order valence-electron chi connectivity index (χ4n) is 1.30. The van der Waals surface area contributed by atoms with Gasteiger partial charge >= 0.3 is 0 Å². The van der Waals surface area contributed by atoms with Gasteiger partial charge in [-0.25, -0.2) is 5.90 Å². The lowest BCUT2D eigenvalue weighted by Crippen LogP contribution is -2.11. The predicted octanol–water partition coefficient (Wildman–Crippen LogP) is 0.943. The largest absolute Gasteiger partial charge is 0.467 e. The van der Waals surface area contributed by atoms with Crippen LogP contribution >= 0.6 is 0 Å². The molecule has 1 aliphatic heterocycles. The molecule has 4 heteroatoms. The zero-order valence-electron chi connectivity index (χ0n) is 7.16. The van der Waals surface area contributed by atoms with E-state index in [1.165, 1.54) is 0 Å². The smallest absolute Gasteiger partial charge is 0.189 e. The third-order valence-corrected chi connectivity index (χ3v) is 1.94. The zero-order chi connectivity index (χ0) is 9.10. The fourth-order valence-corrected chi connectivity index (χ4v) is 1.30. The Labute approximate surface area is 76.2 Å². The molecule has 0 bridgehead atoms. The van der Waals surface area contributed by atoms with Gasteiger partial charge in [-0.1, -0.05) is 12.1 Å². The van der Waals surface area contributed by atoms with E-state index in [9.17, 15) is 0 Å². The van der Waals surface area contributed by atoms with Crippen LogP contribution in [0.15, 0.2) is 18.2 Å². The highest BCUT2D eigenvalue weighted by Gasteiger charge is 2.10. The average Bonchev–Trinajstić information content (AvgIpc) is 2.18. The van der Waals surface area contributed by atoms with Gasteiger partial charge in [-0.3, -0.25) is 4.84 Å². The second kappa shape index (κ2) is 3.74. The molecule has 0 saturated heterocycles. The molecule has 1 aromatic rings. The van der Waals surface area contributed by atoms with E-state index in [-0.39, 0.29) is 0 Å². The Morgan fingerprint density at radius 3 is 3.23 bits per heavy atom. The van der Waals surface area contributed by atoms with Crippen molar-refractivity contribution in [1.29, 1.82) is 0 Å². The first-order valence-electron chi connectivity index (χ1n) is 4.04. The van der Waals surface area contributed by atoms with E-state index in [0.29, 0.717) is 20.0 Å². The Morgan fingerprint density at radius 2 is 2.38 bits per heavy atom. The van der Waals surface area contributed by atoms with Gasteiger partial charge in [0.1, 0.15) is 5.75 Å². The summed E-state index contributed by atoms with van der Waals surface area (Å²) in [5.41, 5.74) is 2.06. The number of rotatable bonds is 2. The highest BCUT2D eigenvalue weighted by Crippen LogP contribution is 2.24. The van der Waals surface area contributed by atoms with Gasteiger partial charge in [0.25, 0.3) is 0 Å². The maximum atomic E-state index is 5.29. The minimum absolute atomic E-state index is 0.319. The Bertz CT molecular complexity index is 301. The number of hydrogen-bond donors (Lipinski definition) is 1. The molecule has 0 radical (unpaired) electrons. The highest BCUT2D eigenvalue weighted by atomic mass is 16.7. The van der Waals surface area contributed by atoms with Crippen molar-refractivity contribution < 1.29 is 14.3 Å². The van der Waals surface area contributed by atoms with Crippen LogP contribution in [0.5, 0.6) is 5.75 Å². The second-order valence-corrected chi connectivity index (χ2v) is 2.86. The molecule has 0 fully saturated rings.